The van der Waals surface area contributed by atoms with Crippen molar-refractivity contribution in [2.75, 3.05) is 13.7 Å². The summed E-state index contributed by atoms with van der Waals surface area (Å²) in [5.74, 6) is -0.0617. The van der Waals surface area contributed by atoms with Crippen molar-refractivity contribution >= 4 is 17.6 Å². The number of ether oxygens (including phenoxy) is 1. The molecule has 3 aromatic rings. The zero-order chi connectivity index (χ0) is 18.6. The van der Waals surface area contributed by atoms with Gasteiger partial charge in [0.15, 0.2) is 5.78 Å². The second kappa shape index (κ2) is 7.90. The van der Waals surface area contributed by atoms with E-state index in [0.717, 1.165) is 29.7 Å². The maximum atomic E-state index is 12.0. The maximum absolute atomic E-state index is 12.0. The summed E-state index contributed by atoms with van der Waals surface area (Å²) in [6, 6.07) is 5.66. The summed E-state index contributed by atoms with van der Waals surface area (Å²) in [7, 11) is 3.54. The topological polar surface area (TPSA) is 65.6 Å². The zero-order valence-corrected chi connectivity index (χ0v) is 15.2. The van der Waals surface area contributed by atoms with E-state index >= 15 is 0 Å². The Labute approximate surface area is 147 Å². The molecule has 0 fully saturated rings. The Morgan fingerprint density at radius 2 is 2.04 bits per heavy atom. The molecule has 0 aliphatic rings. The summed E-state index contributed by atoms with van der Waals surface area (Å²) < 4.78 is 8.15. The molecule has 0 unspecified atom stereocenters. The smallest absolute Gasteiger partial charge is 0.176 e. The van der Waals surface area contributed by atoms with Gasteiger partial charge in [-0.05, 0) is 37.6 Å². The van der Waals surface area contributed by atoms with E-state index in [1.165, 1.54) is 6.92 Å². The molecule has 0 saturated heterocycles. The van der Waals surface area contributed by atoms with Crippen molar-refractivity contribution < 1.29 is 14.3 Å². The zero-order valence-electron chi connectivity index (χ0n) is 15.2. The summed E-state index contributed by atoms with van der Waals surface area (Å²) in [5.41, 5.74) is 4.50. The highest BCUT2D eigenvalue weighted by molar-refractivity contribution is 5.99. The van der Waals surface area contributed by atoms with Crippen LogP contribution in [0, 0.1) is 6.92 Å². The van der Waals surface area contributed by atoms with Gasteiger partial charge in [0.25, 0.3) is 0 Å². The van der Waals surface area contributed by atoms with Crippen molar-refractivity contribution in [3.05, 3.63) is 47.4 Å². The molecular weight excluding hydrogens is 318 g/mol. The van der Waals surface area contributed by atoms with Crippen LogP contribution in [0.5, 0.6) is 0 Å². The molecule has 25 heavy (non-hydrogen) atoms. The lowest BCUT2D eigenvalue weighted by molar-refractivity contribution is 0.101. The number of aldehydes is 1. The molecule has 0 amide bonds. The Morgan fingerprint density at radius 3 is 2.52 bits per heavy atom. The third kappa shape index (κ3) is 3.53. The average Bonchev–Trinajstić information content (AvgIpc) is 3.19. The van der Waals surface area contributed by atoms with E-state index < -0.39 is 0 Å². The monoisotopic (exact) mass is 341 g/mol. The van der Waals surface area contributed by atoms with Crippen molar-refractivity contribution in [1.82, 2.24) is 14.2 Å². The molecule has 0 spiro atoms. The van der Waals surface area contributed by atoms with Crippen molar-refractivity contribution in [3.63, 3.8) is 0 Å². The highest BCUT2D eigenvalue weighted by Crippen LogP contribution is 2.28. The Hall–Kier alpha value is -2.73. The lowest BCUT2D eigenvalue weighted by Gasteiger charge is -2.10. The van der Waals surface area contributed by atoms with Gasteiger partial charge in [-0.1, -0.05) is 0 Å². The lowest BCUT2D eigenvalue weighted by atomic mass is 10.0. The second-order valence-corrected chi connectivity index (χ2v) is 5.65. The van der Waals surface area contributed by atoms with Crippen LogP contribution in [0.15, 0.2) is 30.6 Å². The maximum Gasteiger partial charge on any atom is 0.176 e. The van der Waals surface area contributed by atoms with Gasteiger partial charge in [-0.3, -0.25) is 14.3 Å². The molecule has 0 aromatic carbocycles. The van der Waals surface area contributed by atoms with E-state index in [2.05, 4.69) is 9.84 Å². The van der Waals surface area contributed by atoms with Crippen LogP contribution in [0.1, 0.15) is 40.3 Å². The number of Topliss-reactive ketones (excluding diaryl/α,β-unsaturated/α-hetero) is 1. The molecule has 6 nitrogen and oxygen atoms in total. The highest BCUT2D eigenvalue weighted by Gasteiger charge is 2.17. The van der Waals surface area contributed by atoms with E-state index in [4.69, 9.17) is 0 Å². The van der Waals surface area contributed by atoms with Crippen molar-refractivity contribution in [1.29, 1.82) is 0 Å². The van der Waals surface area contributed by atoms with Gasteiger partial charge in [0.05, 0.1) is 16.9 Å². The minimum absolute atomic E-state index is 0.0617. The molecule has 3 rings (SSSR count). The number of methoxy groups -OCH3 is 1. The number of hydrogen-bond donors (Lipinski definition) is 0. The largest absolute Gasteiger partial charge is 0.385 e. The highest BCUT2D eigenvalue weighted by atomic mass is 16.5. The normalized spacial score (nSPS) is 10.4. The predicted octanol–water partition coefficient (Wildman–Crippen LogP) is 3.32. The predicted molar refractivity (Wildman–Crippen MR) is 97.3 cm³/mol. The number of carbonyl (C=O) groups is 2. The molecule has 0 bridgehead atoms. The molecule has 0 aliphatic carbocycles. The molecule has 0 radical (unpaired) electrons. The molecule has 6 heteroatoms. The molecule has 132 valence electrons. The van der Waals surface area contributed by atoms with Gasteiger partial charge in [0.2, 0.25) is 0 Å². The quantitative estimate of drug-likeness (QED) is 0.539. The summed E-state index contributed by atoms with van der Waals surface area (Å²) in [5, 5.41) is 4.17. The first-order valence-corrected chi connectivity index (χ1v) is 8.04. The fraction of sp³-hybridized carbons (Fsp3) is 0.316. The van der Waals surface area contributed by atoms with Crippen LogP contribution in [0.4, 0.5) is 0 Å². The SMILES string of the molecule is CC(=O)c1c(C)c(C=O)cc2c(-c3ccnn3C)ccn12.CCOC. The Kier molecular flexibility index (Phi) is 5.88. The summed E-state index contributed by atoms with van der Waals surface area (Å²) in [6.45, 7) is 6.09. The average molecular weight is 341 g/mol. The fourth-order valence-electron chi connectivity index (χ4n) is 2.77. The Balaban J connectivity index is 0.000000511. The number of rotatable bonds is 4. The lowest BCUT2D eigenvalue weighted by Crippen LogP contribution is -2.07. The van der Waals surface area contributed by atoms with Crippen LogP contribution >= 0.6 is 0 Å². The van der Waals surface area contributed by atoms with Gasteiger partial charge in [-0.25, -0.2) is 0 Å². The third-order valence-corrected chi connectivity index (χ3v) is 4.09. The van der Waals surface area contributed by atoms with Gasteiger partial charge >= 0.3 is 0 Å². The fourth-order valence-corrected chi connectivity index (χ4v) is 2.77. The van der Waals surface area contributed by atoms with Crippen LogP contribution in [0.3, 0.4) is 0 Å². The van der Waals surface area contributed by atoms with Gasteiger partial charge < -0.3 is 9.14 Å². The number of aromatic nitrogens is 3. The van der Waals surface area contributed by atoms with Crippen LogP contribution in [0.25, 0.3) is 16.8 Å². The minimum atomic E-state index is -0.0617. The minimum Gasteiger partial charge on any atom is -0.385 e. The molecule has 0 aliphatic heterocycles. The number of pyridine rings is 1. The van der Waals surface area contributed by atoms with Crippen LogP contribution in [0.2, 0.25) is 0 Å². The van der Waals surface area contributed by atoms with E-state index in [9.17, 15) is 9.59 Å². The summed E-state index contributed by atoms with van der Waals surface area (Å²) in [6.07, 6.45) is 4.37. The molecule has 0 saturated carbocycles. The van der Waals surface area contributed by atoms with E-state index in [-0.39, 0.29) is 5.78 Å². The van der Waals surface area contributed by atoms with E-state index in [0.29, 0.717) is 16.8 Å². The first-order chi connectivity index (χ1) is 12.0. The van der Waals surface area contributed by atoms with Gasteiger partial charge in [-0.2, -0.15) is 5.10 Å². The second-order valence-electron chi connectivity index (χ2n) is 5.65. The van der Waals surface area contributed by atoms with E-state index in [1.54, 1.807) is 24.9 Å². The van der Waals surface area contributed by atoms with Gasteiger partial charge in [-0.15, -0.1) is 0 Å². The van der Waals surface area contributed by atoms with Crippen molar-refractivity contribution in [3.8, 4) is 11.3 Å². The molecule has 0 N–H and O–H groups in total. The van der Waals surface area contributed by atoms with Crippen molar-refractivity contribution in [2.24, 2.45) is 7.05 Å². The Morgan fingerprint density at radius 1 is 1.36 bits per heavy atom. The van der Waals surface area contributed by atoms with Gasteiger partial charge in [0.1, 0.15) is 6.29 Å². The Bertz CT molecular complexity index is 904. The number of aryl methyl sites for hydroxylation is 1. The standard InChI is InChI=1S/C16H15N3O2.C3H8O/c1-10-12(9-20)8-15-13(14-4-6-17-18(14)3)5-7-19(15)16(10)11(2)21;1-3-4-2/h4-9H,1-3H3;3H2,1-2H3. The molecular formula is C19H23N3O3. The van der Waals surface area contributed by atoms with E-state index in [1.807, 2.05) is 42.8 Å². The number of ketones is 1. The molecule has 0 atom stereocenters. The molecule has 3 heterocycles. The summed E-state index contributed by atoms with van der Waals surface area (Å²) >= 11 is 0. The number of nitrogens with zero attached hydrogens (tertiary/aromatic N) is 3. The van der Waals surface area contributed by atoms with Gasteiger partial charge in [0, 0.05) is 51.2 Å². The number of carbonyl (C=O) groups excluding carboxylic acids is 2. The number of hydrogen-bond acceptors (Lipinski definition) is 4. The van der Waals surface area contributed by atoms with Crippen molar-refractivity contribution in [2.45, 2.75) is 20.8 Å². The summed E-state index contributed by atoms with van der Waals surface area (Å²) in [4.78, 5) is 23.3. The van der Waals surface area contributed by atoms with Crippen LogP contribution in [-0.2, 0) is 11.8 Å². The first-order valence-electron chi connectivity index (χ1n) is 8.04. The van der Waals surface area contributed by atoms with Crippen LogP contribution < -0.4 is 0 Å². The molecule has 3 aromatic heterocycles. The van der Waals surface area contributed by atoms with Crippen LogP contribution in [-0.4, -0.2) is 40.0 Å². The first kappa shape index (κ1) is 18.6. The third-order valence-electron chi connectivity index (χ3n) is 4.09. The number of fused-ring (bicyclic) bond motifs is 1.